The Labute approximate surface area is 198 Å². The zero-order chi connectivity index (χ0) is 23.3. The van der Waals surface area contributed by atoms with E-state index in [-0.39, 0.29) is 29.4 Å². The van der Waals surface area contributed by atoms with Gasteiger partial charge in [-0.2, -0.15) is 0 Å². The Morgan fingerprint density at radius 1 is 0.727 bits per heavy atom. The van der Waals surface area contributed by atoms with E-state index >= 15 is 0 Å². The molecule has 0 aliphatic carbocycles. The summed E-state index contributed by atoms with van der Waals surface area (Å²) in [6.45, 7) is 8.42. The van der Waals surface area contributed by atoms with Crippen LogP contribution in [0.5, 0.6) is 0 Å². The zero-order valence-corrected chi connectivity index (χ0v) is 20.3. The Hall–Kier alpha value is -1.22. The summed E-state index contributed by atoms with van der Waals surface area (Å²) >= 11 is 0. The van der Waals surface area contributed by atoms with Crippen LogP contribution in [0, 0.1) is 5.41 Å². The van der Waals surface area contributed by atoms with E-state index in [4.69, 9.17) is 0 Å². The Bertz CT molecular complexity index is 619. The molecule has 4 heterocycles. The van der Waals surface area contributed by atoms with E-state index in [1.165, 1.54) is 0 Å². The fourth-order valence-electron chi connectivity index (χ4n) is 6.43. The van der Waals surface area contributed by atoms with Crippen LogP contribution in [-0.2, 0) is 9.59 Å². The summed E-state index contributed by atoms with van der Waals surface area (Å²) in [5, 5.41) is 19.3. The lowest BCUT2D eigenvalue weighted by Gasteiger charge is -2.48. The van der Waals surface area contributed by atoms with Crippen LogP contribution in [0.15, 0.2) is 0 Å². The number of hydrogen-bond acceptors (Lipinski definition) is 6. The van der Waals surface area contributed by atoms with Crippen LogP contribution < -0.4 is 0 Å². The molecule has 4 fully saturated rings. The maximum atomic E-state index is 12.9. The molecule has 188 valence electrons. The molecule has 33 heavy (non-hydrogen) atoms. The topological polar surface area (TPSA) is 87.6 Å². The van der Waals surface area contributed by atoms with Crippen molar-refractivity contribution >= 4 is 11.8 Å². The van der Waals surface area contributed by atoms with Crippen molar-refractivity contribution in [1.82, 2.24) is 19.6 Å². The van der Waals surface area contributed by atoms with Gasteiger partial charge in [0, 0.05) is 70.6 Å². The number of piperidine rings is 2. The van der Waals surface area contributed by atoms with Crippen molar-refractivity contribution < 1.29 is 19.8 Å². The van der Waals surface area contributed by atoms with E-state index in [0.29, 0.717) is 12.8 Å². The molecule has 0 radical (unpaired) electrons. The highest BCUT2D eigenvalue weighted by Crippen LogP contribution is 2.39. The van der Waals surface area contributed by atoms with Gasteiger partial charge in [0.1, 0.15) is 0 Å². The lowest BCUT2D eigenvalue weighted by Crippen LogP contribution is -2.54. The Balaban J connectivity index is 1.20. The average molecular weight is 465 g/mol. The fraction of sp³-hybridized carbons (Fsp3) is 0.920. The van der Waals surface area contributed by atoms with Gasteiger partial charge in [0.25, 0.3) is 0 Å². The van der Waals surface area contributed by atoms with Crippen LogP contribution in [0.4, 0.5) is 0 Å². The molecule has 4 rings (SSSR count). The first-order valence-corrected chi connectivity index (χ1v) is 13.3. The summed E-state index contributed by atoms with van der Waals surface area (Å²) in [4.78, 5) is 34.5. The minimum absolute atomic E-state index is 0.0694. The van der Waals surface area contributed by atoms with Crippen molar-refractivity contribution in [3.63, 3.8) is 0 Å². The molecular weight excluding hydrogens is 420 g/mol. The molecule has 0 unspecified atom stereocenters. The lowest BCUT2D eigenvalue weighted by atomic mass is 9.73. The number of amides is 2. The van der Waals surface area contributed by atoms with E-state index in [1.807, 2.05) is 0 Å². The summed E-state index contributed by atoms with van der Waals surface area (Å²) < 4.78 is 0. The van der Waals surface area contributed by atoms with Crippen molar-refractivity contribution in [3.05, 3.63) is 0 Å². The number of hydrogen-bond donors (Lipinski definition) is 2. The third-order valence-corrected chi connectivity index (χ3v) is 8.25. The molecule has 4 aliphatic heterocycles. The van der Waals surface area contributed by atoms with E-state index in [2.05, 4.69) is 19.6 Å². The Morgan fingerprint density at radius 2 is 1.18 bits per heavy atom. The number of carbonyl (C=O) groups excluding carboxylic acids is 2. The predicted octanol–water partition coefficient (Wildman–Crippen LogP) is 0.911. The minimum atomic E-state index is -0.201. The first kappa shape index (κ1) is 24.9. The van der Waals surface area contributed by atoms with Gasteiger partial charge in [-0.3, -0.25) is 9.59 Å². The molecule has 0 aromatic rings. The third kappa shape index (κ3) is 6.90. The van der Waals surface area contributed by atoms with Crippen molar-refractivity contribution in [1.29, 1.82) is 0 Å². The molecule has 2 N–H and O–H groups in total. The molecule has 0 bridgehead atoms. The highest BCUT2D eigenvalue weighted by atomic mass is 16.3. The average Bonchev–Trinajstić information content (AvgIpc) is 3.41. The summed E-state index contributed by atoms with van der Waals surface area (Å²) in [5.74, 6) is 0.509. The summed E-state index contributed by atoms with van der Waals surface area (Å²) in [5.41, 5.74) is 0.0694. The van der Waals surface area contributed by atoms with Crippen LogP contribution in [0.1, 0.15) is 64.2 Å². The minimum Gasteiger partial charge on any atom is -0.392 e. The van der Waals surface area contributed by atoms with Crippen LogP contribution in [-0.4, -0.2) is 119 Å². The van der Waals surface area contributed by atoms with Crippen LogP contribution in [0.2, 0.25) is 0 Å². The van der Waals surface area contributed by atoms with Gasteiger partial charge in [-0.15, -0.1) is 0 Å². The van der Waals surface area contributed by atoms with Gasteiger partial charge in [-0.05, 0) is 64.5 Å². The number of aliphatic hydroxyl groups excluding tert-OH is 2. The van der Waals surface area contributed by atoms with Crippen molar-refractivity contribution in [2.24, 2.45) is 5.41 Å². The standard InChI is InChI=1S/C25H44N4O4/c30-21-7-15-26(17-21)11-1-5-23(32)28-13-3-9-25(19-28)10-4-14-29(20-25)24(33)6-2-12-27-16-8-22(31)18-27/h21-22,30-31H,1-20H2/t21-,22-,25?/m1/s1. The quantitative estimate of drug-likeness (QED) is 0.555. The highest BCUT2D eigenvalue weighted by Gasteiger charge is 2.41. The number of nitrogens with zero attached hydrogens (tertiary/aromatic N) is 4. The molecule has 0 aromatic heterocycles. The molecule has 0 aromatic carbocycles. The molecule has 0 saturated carbocycles. The van der Waals surface area contributed by atoms with Crippen LogP contribution in [0.3, 0.4) is 0 Å². The molecule has 1 spiro atoms. The number of aliphatic hydroxyl groups is 2. The van der Waals surface area contributed by atoms with Gasteiger partial charge in [0.2, 0.25) is 11.8 Å². The van der Waals surface area contributed by atoms with Gasteiger partial charge < -0.3 is 29.8 Å². The number of β-amino-alcohol motifs (C(OH)–C–C–N with tert-alkyl or cyclic N) is 2. The maximum absolute atomic E-state index is 12.9. The lowest BCUT2D eigenvalue weighted by molar-refractivity contribution is -0.140. The van der Waals surface area contributed by atoms with Crippen molar-refractivity contribution in [2.75, 3.05) is 65.4 Å². The second kappa shape index (κ2) is 11.5. The van der Waals surface area contributed by atoms with E-state index in [1.54, 1.807) is 0 Å². The van der Waals surface area contributed by atoms with Crippen LogP contribution >= 0.6 is 0 Å². The number of carbonyl (C=O) groups is 2. The van der Waals surface area contributed by atoms with E-state index in [9.17, 15) is 19.8 Å². The number of rotatable bonds is 8. The maximum Gasteiger partial charge on any atom is 0.222 e. The number of likely N-dealkylation sites (tertiary alicyclic amines) is 4. The summed E-state index contributed by atoms with van der Waals surface area (Å²) in [7, 11) is 0. The molecule has 4 aliphatic rings. The predicted molar refractivity (Wildman–Crippen MR) is 127 cm³/mol. The summed E-state index contributed by atoms with van der Waals surface area (Å²) in [6, 6.07) is 0. The van der Waals surface area contributed by atoms with Crippen LogP contribution in [0.25, 0.3) is 0 Å². The molecule has 8 nitrogen and oxygen atoms in total. The fourth-order valence-corrected chi connectivity index (χ4v) is 6.43. The molecule has 8 heteroatoms. The van der Waals surface area contributed by atoms with Gasteiger partial charge in [0.15, 0.2) is 0 Å². The smallest absolute Gasteiger partial charge is 0.222 e. The van der Waals surface area contributed by atoms with Gasteiger partial charge >= 0.3 is 0 Å². The molecule has 4 saturated heterocycles. The van der Waals surface area contributed by atoms with Gasteiger partial charge in [-0.25, -0.2) is 0 Å². The van der Waals surface area contributed by atoms with Crippen molar-refractivity contribution in [3.8, 4) is 0 Å². The van der Waals surface area contributed by atoms with E-state index < -0.39 is 0 Å². The third-order valence-electron chi connectivity index (χ3n) is 8.25. The summed E-state index contributed by atoms with van der Waals surface area (Å²) in [6.07, 6.45) is 8.44. The Kier molecular flexibility index (Phi) is 8.65. The monoisotopic (exact) mass is 464 g/mol. The normalized spacial score (nSPS) is 28.7. The zero-order valence-electron chi connectivity index (χ0n) is 20.3. The molecular formula is C25H44N4O4. The first-order chi connectivity index (χ1) is 15.9. The second-order valence-electron chi connectivity index (χ2n) is 11.0. The molecule has 2 atom stereocenters. The van der Waals surface area contributed by atoms with Crippen molar-refractivity contribution in [2.45, 2.75) is 76.4 Å². The molecule has 2 amide bonds. The van der Waals surface area contributed by atoms with Gasteiger partial charge in [-0.1, -0.05) is 0 Å². The first-order valence-electron chi connectivity index (χ1n) is 13.3. The second-order valence-corrected chi connectivity index (χ2v) is 11.0. The van der Waals surface area contributed by atoms with E-state index in [0.717, 1.165) is 117 Å². The largest absolute Gasteiger partial charge is 0.392 e. The SMILES string of the molecule is O=C(CCCN1CC[C@@H](O)C1)N1CCCC2(CCCN(C(=O)CCCN3CC[C@@H](O)C3)C2)C1. The van der Waals surface area contributed by atoms with Gasteiger partial charge in [0.05, 0.1) is 12.2 Å². The Morgan fingerprint density at radius 3 is 1.58 bits per heavy atom. The highest BCUT2D eigenvalue weighted by molar-refractivity contribution is 5.77.